The Kier molecular flexibility index (Phi) is 3.05. The normalized spacial score (nSPS) is 17.8. The minimum Gasteiger partial charge on any atom is -0.478 e. The van der Waals surface area contributed by atoms with Crippen molar-refractivity contribution in [3.63, 3.8) is 0 Å². The van der Waals surface area contributed by atoms with Gasteiger partial charge in [0.25, 0.3) is 0 Å². The quantitative estimate of drug-likeness (QED) is 0.883. The van der Waals surface area contributed by atoms with Gasteiger partial charge in [0.1, 0.15) is 5.82 Å². The summed E-state index contributed by atoms with van der Waals surface area (Å²) in [6, 6.07) is 3.42. The molecule has 0 radical (unpaired) electrons. The fourth-order valence-corrected chi connectivity index (χ4v) is 3.18. The van der Waals surface area contributed by atoms with E-state index in [0.717, 1.165) is 25.3 Å². The van der Waals surface area contributed by atoms with Gasteiger partial charge >= 0.3 is 5.97 Å². The lowest BCUT2D eigenvalue weighted by Crippen LogP contribution is -2.24. The van der Waals surface area contributed by atoms with Gasteiger partial charge < -0.3 is 5.11 Å². The first-order valence-corrected chi connectivity index (χ1v) is 6.24. The number of rotatable bonds is 3. The molecule has 1 unspecified atom stereocenters. The molecule has 1 aromatic rings. The Bertz CT molecular complexity index is 455. The van der Waals surface area contributed by atoms with Crippen LogP contribution in [0.15, 0.2) is 23.1 Å². The molecule has 16 heavy (non-hydrogen) atoms. The lowest BCUT2D eigenvalue weighted by atomic mass is 10.00. The Hall–Kier alpha value is -1.23. The molecule has 2 rings (SSSR count). The molecule has 1 N–H and O–H groups in total. The van der Waals surface area contributed by atoms with Crippen LogP contribution in [0.4, 0.5) is 4.39 Å². The van der Waals surface area contributed by atoms with Gasteiger partial charge in [0.2, 0.25) is 0 Å². The van der Waals surface area contributed by atoms with Gasteiger partial charge in [-0.2, -0.15) is 0 Å². The zero-order valence-corrected chi connectivity index (χ0v) is 9.30. The van der Waals surface area contributed by atoms with E-state index in [-0.39, 0.29) is 15.7 Å². The van der Waals surface area contributed by atoms with E-state index < -0.39 is 22.6 Å². The average Bonchev–Trinajstić information content (AvgIpc) is 2.15. The first kappa shape index (κ1) is 11.3. The molecule has 86 valence electrons. The first-order valence-electron chi connectivity index (χ1n) is 5.03. The fraction of sp³-hybridized carbons (Fsp3) is 0.364. The average molecular weight is 242 g/mol. The SMILES string of the molecule is O=C(O)c1ccc(F)c(S(=O)C2CCC2)c1. The van der Waals surface area contributed by atoms with Crippen molar-refractivity contribution >= 4 is 16.8 Å². The summed E-state index contributed by atoms with van der Waals surface area (Å²) < 4.78 is 25.3. The number of benzene rings is 1. The minimum absolute atomic E-state index is 0.0152. The van der Waals surface area contributed by atoms with E-state index >= 15 is 0 Å². The molecule has 0 amide bonds. The molecule has 0 spiro atoms. The van der Waals surface area contributed by atoms with Crippen LogP contribution in [0, 0.1) is 5.82 Å². The summed E-state index contributed by atoms with van der Waals surface area (Å²) in [5.74, 6) is -1.72. The maximum Gasteiger partial charge on any atom is 0.335 e. The maximum atomic E-state index is 13.4. The third-order valence-electron chi connectivity index (χ3n) is 2.75. The summed E-state index contributed by atoms with van der Waals surface area (Å²) in [7, 11) is -1.42. The van der Waals surface area contributed by atoms with E-state index in [1.165, 1.54) is 12.1 Å². The second-order valence-corrected chi connectivity index (χ2v) is 5.50. The van der Waals surface area contributed by atoms with Gasteiger partial charge in [-0.05, 0) is 31.0 Å². The number of carbonyl (C=O) groups is 1. The van der Waals surface area contributed by atoms with Crippen LogP contribution in [0.5, 0.6) is 0 Å². The van der Waals surface area contributed by atoms with Crippen LogP contribution in [0.3, 0.4) is 0 Å². The third-order valence-corrected chi connectivity index (χ3v) is 4.57. The van der Waals surface area contributed by atoms with Crippen LogP contribution in [0.1, 0.15) is 29.6 Å². The highest BCUT2D eigenvalue weighted by Crippen LogP contribution is 2.29. The van der Waals surface area contributed by atoms with Gasteiger partial charge in [0.05, 0.1) is 21.3 Å². The molecule has 1 aliphatic carbocycles. The highest BCUT2D eigenvalue weighted by molar-refractivity contribution is 7.85. The second-order valence-electron chi connectivity index (χ2n) is 3.80. The fourth-order valence-electron chi connectivity index (χ4n) is 1.55. The van der Waals surface area contributed by atoms with Crippen molar-refractivity contribution in [1.82, 2.24) is 0 Å². The molecular formula is C11H11FO3S. The summed E-state index contributed by atoms with van der Waals surface area (Å²) in [4.78, 5) is 10.7. The van der Waals surface area contributed by atoms with Crippen molar-refractivity contribution in [2.24, 2.45) is 0 Å². The van der Waals surface area contributed by atoms with Crippen molar-refractivity contribution in [2.45, 2.75) is 29.4 Å². The van der Waals surface area contributed by atoms with Crippen LogP contribution < -0.4 is 0 Å². The van der Waals surface area contributed by atoms with Gasteiger partial charge in [0.15, 0.2) is 0 Å². The van der Waals surface area contributed by atoms with Crippen molar-refractivity contribution in [3.8, 4) is 0 Å². The molecule has 1 atom stereocenters. The molecule has 1 fully saturated rings. The summed E-state index contributed by atoms with van der Waals surface area (Å²) >= 11 is 0. The molecule has 0 heterocycles. The first-order chi connectivity index (χ1) is 7.59. The van der Waals surface area contributed by atoms with Crippen LogP contribution in [-0.2, 0) is 10.8 Å². The van der Waals surface area contributed by atoms with E-state index in [9.17, 15) is 13.4 Å². The van der Waals surface area contributed by atoms with Gasteiger partial charge in [-0.3, -0.25) is 4.21 Å². The van der Waals surface area contributed by atoms with E-state index in [4.69, 9.17) is 5.11 Å². The number of halogens is 1. The van der Waals surface area contributed by atoms with Gasteiger partial charge in [-0.1, -0.05) is 6.42 Å². The van der Waals surface area contributed by atoms with Crippen molar-refractivity contribution < 1.29 is 18.5 Å². The predicted molar refractivity (Wildman–Crippen MR) is 57.4 cm³/mol. The van der Waals surface area contributed by atoms with Gasteiger partial charge in [-0.25, -0.2) is 9.18 Å². The Morgan fingerprint density at radius 1 is 1.44 bits per heavy atom. The lowest BCUT2D eigenvalue weighted by molar-refractivity contribution is 0.0696. The van der Waals surface area contributed by atoms with Crippen molar-refractivity contribution in [2.75, 3.05) is 0 Å². The standard InChI is InChI=1S/C11H11FO3S/c12-9-5-4-7(11(13)14)6-10(9)16(15)8-2-1-3-8/h4-6,8H,1-3H2,(H,13,14). The van der Waals surface area contributed by atoms with E-state index in [2.05, 4.69) is 0 Å². The molecule has 5 heteroatoms. The smallest absolute Gasteiger partial charge is 0.335 e. The molecular weight excluding hydrogens is 231 g/mol. The van der Waals surface area contributed by atoms with E-state index in [1.54, 1.807) is 0 Å². The molecule has 3 nitrogen and oxygen atoms in total. The van der Waals surface area contributed by atoms with Crippen molar-refractivity contribution in [1.29, 1.82) is 0 Å². The maximum absolute atomic E-state index is 13.4. The molecule has 1 saturated carbocycles. The highest BCUT2D eigenvalue weighted by atomic mass is 32.2. The molecule has 0 bridgehead atoms. The number of hydrogen-bond donors (Lipinski definition) is 1. The van der Waals surface area contributed by atoms with E-state index in [0.29, 0.717) is 0 Å². The lowest BCUT2D eigenvalue weighted by Gasteiger charge is -2.24. The molecule has 0 aromatic heterocycles. The van der Waals surface area contributed by atoms with Crippen LogP contribution in [-0.4, -0.2) is 20.5 Å². The Morgan fingerprint density at radius 3 is 2.62 bits per heavy atom. The van der Waals surface area contributed by atoms with Crippen molar-refractivity contribution in [3.05, 3.63) is 29.6 Å². The molecule has 1 aromatic carbocycles. The predicted octanol–water partition coefficient (Wildman–Crippen LogP) is 2.18. The van der Waals surface area contributed by atoms with Gasteiger partial charge in [0, 0.05) is 5.25 Å². The Balaban J connectivity index is 2.34. The van der Waals surface area contributed by atoms with Crippen LogP contribution in [0.2, 0.25) is 0 Å². The second kappa shape index (κ2) is 4.33. The zero-order valence-electron chi connectivity index (χ0n) is 8.48. The molecule has 1 aliphatic rings. The van der Waals surface area contributed by atoms with Crippen LogP contribution in [0.25, 0.3) is 0 Å². The van der Waals surface area contributed by atoms with Crippen LogP contribution >= 0.6 is 0 Å². The monoisotopic (exact) mass is 242 g/mol. The number of carboxylic acid groups (broad SMARTS) is 1. The zero-order chi connectivity index (χ0) is 11.7. The largest absolute Gasteiger partial charge is 0.478 e. The number of carboxylic acids is 1. The number of hydrogen-bond acceptors (Lipinski definition) is 2. The minimum atomic E-state index is -1.42. The Morgan fingerprint density at radius 2 is 2.12 bits per heavy atom. The number of aromatic carboxylic acids is 1. The Labute approximate surface area is 94.7 Å². The summed E-state index contributed by atoms with van der Waals surface area (Å²) in [5, 5.41) is 8.76. The summed E-state index contributed by atoms with van der Waals surface area (Å²) in [6.45, 7) is 0. The topological polar surface area (TPSA) is 54.4 Å². The molecule has 0 aliphatic heterocycles. The summed E-state index contributed by atoms with van der Waals surface area (Å²) in [6.07, 6.45) is 2.66. The third kappa shape index (κ3) is 2.00. The highest BCUT2D eigenvalue weighted by Gasteiger charge is 2.27. The van der Waals surface area contributed by atoms with Gasteiger partial charge in [-0.15, -0.1) is 0 Å². The molecule has 0 saturated heterocycles. The summed E-state index contributed by atoms with van der Waals surface area (Å²) in [5.41, 5.74) is -0.0240. The van der Waals surface area contributed by atoms with E-state index in [1.807, 2.05) is 0 Å².